The number of aryl methyl sites for hydroxylation is 2. The quantitative estimate of drug-likeness (QED) is 0.394. The molecule has 1 saturated carbocycles. The number of halogens is 2. The third-order valence-corrected chi connectivity index (χ3v) is 7.87. The highest BCUT2D eigenvalue weighted by molar-refractivity contribution is 5.29. The molecule has 2 fully saturated rings. The highest BCUT2D eigenvalue weighted by atomic mass is 19.2. The van der Waals surface area contributed by atoms with Gasteiger partial charge in [0.2, 0.25) is 0 Å². The Balaban J connectivity index is 1.25. The van der Waals surface area contributed by atoms with Crippen molar-refractivity contribution >= 4 is 0 Å². The van der Waals surface area contributed by atoms with Crippen molar-refractivity contribution in [3.05, 3.63) is 70.3 Å². The smallest absolute Gasteiger partial charge is 0.162 e. The molecule has 0 N–H and O–H groups in total. The van der Waals surface area contributed by atoms with E-state index < -0.39 is 11.6 Å². The van der Waals surface area contributed by atoms with E-state index in [0.717, 1.165) is 38.7 Å². The molecule has 0 radical (unpaired) electrons. The van der Waals surface area contributed by atoms with Gasteiger partial charge >= 0.3 is 0 Å². The summed E-state index contributed by atoms with van der Waals surface area (Å²) >= 11 is 0. The van der Waals surface area contributed by atoms with Crippen molar-refractivity contribution in [2.75, 3.05) is 6.61 Å². The normalized spacial score (nSPS) is 26.2. The van der Waals surface area contributed by atoms with Crippen molar-refractivity contribution in [3.63, 3.8) is 0 Å². The van der Waals surface area contributed by atoms with Crippen LogP contribution in [0.15, 0.2) is 36.4 Å². The van der Waals surface area contributed by atoms with Crippen LogP contribution in [0.3, 0.4) is 0 Å². The minimum atomic E-state index is -0.680. The lowest BCUT2D eigenvalue weighted by Crippen LogP contribution is -2.33. The van der Waals surface area contributed by atoms with Crippen LogP contribution >= 0.6 is 0 Å². The fourth-order valence-corrected chi connectivity index (χ4v) is 5.72. The molecule has 1 aliphatic carbocycles. The Bertz CT molecular complexity index is 859. The third-order valence-electron chi connectivity index (χ3n) is 7.87. The summed E-state index contributed by atoms with van der Waals surface area (Å²) in [6.45, 7) is 4.67. The Morgan fingerprint density at radius 1 is 0.812 bits per heavy atom. The first-order valence-electron chi connectivity index (χ1n) is 12.7. The van der Waals surface area contributed by atoms with Crippen molar-refractivity contribution in [2.45, 2.75) is 96.0 Å². The van der Waals surface area contributed by atoms with Crippen LogP contribution in [0.4, 0.5) is 8.78 Å². The predicted molar refractivity (Wildman–Crippen MR) is 127 cm³/mol. The second-order valence-corrected chi connectivity index (χ2v) is 10.1. The van der Waals surface area contributed by atoms with Gasteiger partial charge in [-0.1, -0.05) is 56.2 Å². The molecule has 0 spiro atoms. The monoisotopic (exact) mass is 440 g/mol. The first kappa shape index (κ1) is 23.4. The van der Waals surface area contributed by atoms with Gasteiger partial charge in [-0.05, 0) is 92.4 Å². The fourth-order valence-electron chi connectivity index (χ4n) is 5.72. The van der Waals surface area contributed by atoms with Gasteiger partial charge in [-0.2, -0.15) is 0 Å². The Labute approximate surface area is 192 Å². The van der Waals surface area contributed by atoms with E-state index in [2.05, 4.69) is 31.2 Å². The molecule has 0 aromatic heterocycles. The summed E-state index contributed by atoms with van der Waals surface area (Å²) in [5.74, 6) is -0.140. The van der Waals surface area contributed by atoms with E-state index in [1.54, 1.807) is 19.1 Å². The second kappa shape index (κ2) is 10.9. The summed E-state index contributed by atoms with van der Waals surface area (Å²) in [6.07, 6.45) is 11.6. The molecule has 174 valence electrons. The number of benzene rings is 2. The summed E-state index contributed by atoms with van der Waals surface area (Å²) in [7, 11) is 0. The number of hydrogen-bond acceptors (Lipinski definition) is 1. The van der Waals surface area contributed by atoms with Gasteiger partial charge in [0.05, 0.1) is 12.7 Å². The van der Waals surface area contributed by atoms with Gasteiger partial charge in [0.25, 0.3) is 0 Å². The van der Waals surface area contributed by atoms with Crippen LogP contribution in [0.1, 0.15) is 98.8 Å². The zero-order valence-electron chi connectivity index (χ0n) is 19.7. The molecule has 0 amide bonds. The van der Waals surface area contributed by atoms with Gasteiger partial charge in [0, 0.05) is 5.92 Å². The molecule has 1 nitrogen and oxygen atoms in total. The van der Waals surface area contributed by atoms with Gasteiger partial charge in [-0.15, -0.1) is 0 Å². The summed E-state index contributed by atoms with van der Waals surface area (Å²) in [5.41, 5.74) is 3.80. The summed E-state index contributed by atoms with van der Waals surface area (Å²) in [6, 6.07) is 12.7. The molecule has 1 heterocycles. The molecule has 4 rings (SSSR count). The van der Waals surface area contributed by atoms with E-state index in [4.69, 9.17) is 4.74 Å². The molecule has 2 aliphatic rings. The number of rotatable bonds is 7. The van der Waals surface area contributed by atoms with Crippen LogP contribution in [0, 0.1) is 24.5 Å². The summed E-state index contributed by atoms with van der Waals surface area (Å²) in [5, 5.41) is 0. The molecular formula is C29H38F2O. The number of unbranched alkanes of at least 4 members (excludes halogenated alkanes) is 2. The molecule has 1 saturated heterocycles. The lowest BCUT2D eigenvalue weighted by molar-refractivity contribution is -0.0411. The van der Waals surface area contributed by atoms with E-state index >= 15 is 0 Å². The van der Waals surface area contributed by atoms with Crippen LogP contribution < -0.4 is 0 Å². The van der Waals surface area contributed by atoms with Crippen LogP contribution in [-0.4, -0.2) is 12.7 Å². The largest absolute Gasteiger partial charge is 0.377 e. The fraction of sp³-hybridized carbons (Fsp3) is 0.586. The number of ether oxygens (including phenoxy) is 1. The maximum atomic E-state index is 14.4. The van der Waals surface area contributed by atoms with Crippen molar-refractivity contribution in [2.24, 2.45) is 5.92 Å². The average Bonchev–Trinajstić information content (AvgIpc) is 2.84. The van der Waals surface area contributed by atoms with Crippen molar-refractivity contribution in [1.82, 2.24) is 0 Å². The molecule has 2 aromatic rings. The molecule has 2 aromatic carbocycles. The molecule has 2 unspecified atom stereocenters. The summed E-state index contributed by atoms with van der Waals surface area (Å²) in [4.78, 5) is 0. The van der Waals surface area contributed by atoms with Gasteiger partial charge in [-0.3, -0.25) is 0 Å². The topological polar surface area (TPSA) is 9.23 Å². The minimum Gasteiger partial charge on any atom is -0.377 e. The molecule has 1 aliphatic heterocycles. The van der Waals surface area contributed by atoms with E-state index in [-0.39, 0.29) is 5.92 Å². The second-order valence-electron chi connectivity index (χ2n) is 10.1. The number of hydrogen-bond donors (Lipinski definition) is 0. The van der Waals surface area contributed by atoms with Crippen LogP contribution in [0.2, 0.25) is 0 Å². The molecule has 2 atom stereocenters. The molecular weight excluding hydrogens is 402 g/mol. The lowest BCUT2D eigenvalue weighted by atomic mass is 9.74. The van der Waals surface area contributed by atoms with Crippen molar-refractivity contribution in [1.29, 1.82) is 0 Å². The zero-order valence-corrected chi connectivity index (χ0v) is 19.7. The van der Waals surface area contributed by atoms with E-state index in [1.165, 1.54) is 43.2 Å². The van der Waals surface area contributed by atoms with Gasteiger partial charge < -0.3 is 4.74 Å². The Morgan fingerprint density at radius 3 is 2.19 bits per heavy atom. The van der Waals surface area contributed by atoms with Crippen LogP contribution in [0.25, 0.3) is 0 Å². The Morgan fingerprint density at radius 2 is 1.53 bits per heavy atom. The predicted octanol–water partition coefficient (Wildman–Crippen LogP) is 8.24. The minimum absolute atomic E-state index is 0.133. The first-order chi connectivity index (χ1) is 15.6. The Hall–Kier alpha value is -1.74. The highest BCUT2D eigenvalue weighted by Crippen LogP contribution is 2.42. The molecule has 32 heavy (non-hydrogen) atoms. The standard InChI is InChI=1S/C29H38F2O/c1-3-4-5-6-21-8-10-22(11-9-21)25-16-18-27(32-19-25)24-14-12-23(13-15-24)26-17-7-20(2)28(30)29(26)31/h7-11,17,23-25,27H,3-6,12-16,18-19H2,1-2H3. The van der Waals surface area contributed by atoms with Crippen molar-refractivity contribution in [3.8, 4) is 0 Å². The maximum Gasteiger partial charge on any atom is 0.162 e. The first-order valence-corrected chi connectivity index (χ1v) is 12.7. The van der Waals surface area contributed by atoms with E-state index in [0.29, 0.717) is 29.1 Å². The summed E-state index contributed by atoms with van der Waals surface area (Å²) < 4.78 is 34.8. The van der Waals surface area contributed by atoms with Gasteiger partial charge in [0.1, 0.15) is 0 Å². The third kappa shape index (κ3) is 5.42. The van der Waals surface area contributed by atoms with E-state index in [1.807, 2.05) is 0 Å². The van der Waals surface area contributed by atoms with Gasteiger partial charge in [0.15, 0.2) is 11.6 Å². The highest BCUT2D eigenvalue weighted by Gasteiger charge is 2.33. The molecule has 3 heteroatoms. The zero-order chi connectivity index (χ0) is 22.5. The van der Waals surface area contributed by atoms with Crippen molar-refractivity contribution < 1.29 is 13.5 Å². The lowest BCUT2D eigenvalue weighted by Gasteiger charge is -2.38. The Kier molecular flexibility index (Phi) is 7.99. The SMILES string of the molecule is CCCCCc1ccc(C2CCC(C3CCC(c4ccc(C)c(F)c4F)CC3)OC2)cc1. The van der Waals surface area contributed by atoms with Crippen LogP contribution in [0.5, 0.6) is 0 Å². The average molecular weight is 441 g/mol. The van der Waals surface area contributed by atoms with E-state index in [9.17, 15) is 8.78 Å². The molecule has 0 bridgehead atoms. The van der Waals surface area contributed by atoms with Crippen LogP contribution in [-0.2, 0) is 11.2 Å². The van der Waals surface area contributed by atoms with Gasteiger partial charge in [-0.25, -0.2) is 8.78 Å². The maximum absolute atomic E-state index is 14.4.